The molecule has 104 valence electrons. The maximum absolute atomic E-state index is 13.8. The van der Waals surface area contributed by atoms with E-state index in [2.05, 4.69) is 0 Å². The summed E-state index contributed by atoms with van der Waals surface area (Å²) in [6, 6.07) is 4.39. The Kier molecular flexibility index (Phi) is 3.35. The standard InChI is InChI=1S/C14H18FNO2S/c15-12-8-10(16)2-3-13(12)19(17)11-4-7-18-14(9-11)5-1-6-14/h2-3,8,11H,1,4-7,9,16H2. The fourth-order valence-corrected chi connectivity index (χ4v) is 4.52. The number of nitrogen functional groups attached to an aromatic ring is 1. The van der Waals surface area contributed by atoms with Gasteiger partial charge in [-0.15, -0.1) is 0 Å². The molecule has 2 aliphatic rings. The van der Waals surface area contributed by atoms with Crippen molar-refractivity contribution in [2.45, 2.75) is 47.9 Å². The van der Waals surface area contributed by atoms with E-state index in [4.69, 9.17) is 10.5 Å². The van der Waals surface area contributed by atoms with Crippen LogP contribution in [0.15, 0.2) is 23.1 Å². The number of anilines is 1. The van der Waals surface area contributed by atoms with Gasteiger partial charge in [-0.1, -0.05) is 0 Å². The molecule has 0 aromatic heterocycles. The first kappa shape index (κ1) is 13.1. The fraction of sp³-hybridized carbons (Fsp3) is 0.571. The lowest BCUT2D eigenvalue weighted by Gasteiger charge is -2.46. The largest absolute Gasteiger partial charge is 0.399 e. The normalized spacial score (nSPS) is 26.9. The summed E-state index contributed by atoms with van der Waals surface area (Å²) in [7, 11) is -1.31. The lowest BCUT2D eigenvalue weighted by molar-refractivity contribution is -0.125. The van der Waals surface area contributed by atoms with Crippen LogP contribution in [0.4, 0.5) is 10.1 Å². The highest BCUT2D eigenvalue weighted by atomic mass is 32.2. The predicted molar refractivity (Wildman–Crippen MR) is 72.8 cm³/mol. The van der Waals surface area contributed by atoms with Gasteiger partial charge in [-0.25, -0.2) is 4.39 Å². The van der Waals surface area contributed by atoms with Gasteiger partial charge >= 0.3 is 0 Å². The Morgan fingerprint density at radius 1 is 1.42 bits per heavy atom. The second-order valence-corrected chi connectivity index (χ2v) is 7.19. The van der Waals surface area contributed by atoms with E-state index in [9.17, 15) is 8.60 Å². The zero-order valence-corrected chi connectivity index (χ0v) is 11.5. The molecule has 2 unspecified atom stereocenters. The fourth-order valence-electron chi connectivity index (χ4n) is 2.94. The highest BCUT2D eigenvalue weighted by molar-refractivity contribution is 7.85. The van der Waals surface area contributed by atoms with Crippen molar-refractivity contribution in [3.63, 3.8) is 0 Å². The molecule has 0 radical (unpaired) electrons. The number of hydrogen-bond donors (Lipinski definition) is 1. The molecular weight excluding hydrogens is 265 g/mol. The van der Waals surface area contributed by atoms with Gasteiger partial charge in [0.2, 0.25) is 0 Å². The molecule has 2 atom stereocenters. The summed E-state index contributed by atoms with van der Waals surface area (Å²) in [6.45, 7) is 0.632. The van der Waals surface area contributed by atoms with Crippen molar-refractivity contribution in [2.75, 3.05) is 12.3 Å². The van der Waals surface area contributed by atoms with E-state index >= 15 is 0 Å². The van der Waals surface area contributed by atoms with Crippen LogP contribution in [0.1, 0.15) is 32.1 Å². The SMILES string of the molecule is Nc1ccc(S(=O)C2CCOC3(CCC3)C2)c(F)c1. The van der Waals surface area contributed by atoms with Crippen LogP contribution in [0.5, 0.6) is 0 Å². The number of hydrogen-bond acceptors (Lipinski definition) is 3. The Bertz CT molecular complexity index is 516. The molecule has 2 N–H and O–H groups in total. The molecule has 3 rings (SSSR count). The van der Waals surface area contributed by atoms with E-state index < -0.39 is 16.6 Å². The summed E-state index contributed by atoms with van der Waals surface area (Å²) in [5.41, 5.74) is 5.82. The zero-order valence-electron chi connectivity index (χ0n) is 10.7. The van der Waals surface area contributed by atoms with Crippen molar-refractivity contribution in [3.05, 3.63) is 24.0 Å². The van der Waals surface area contributed by atoms with Crippen LogP contribution < -0.4 is 5.73 Å². The molecular formula is C14H18FNO2S. The molecule has 0 amide bonds. The third-order valence-electron chi connectivity index (χ3n) is 4.19. The predicted octanol–water partition coefficient (Wildman–Crippen LogP) is 2.62. The Morgan fingerprint density at radius 3 is 2.84 bits per heavy atom. The van der Waals surface area contributed by atoms with Crippen molar-refractivity contribution < 1.29 is 13.3 Å². The van der Waals surface area contributed by atoms with Gasteiger partial charge in [0.15, 0.2) is 0 Å². The number of ether oxygens (including phenoxy) is 1. The number of rotatable bonds is 2. The highest BCUT2D eigenvalue weighted by Crippen LogP contribution is 2.44. The Hall–Kier alpha value is -0.940. The number of halogens is 1. The number of nitrogens with two attached hydrogens (primary N) is 1. The molecule has 5 heteroatoms. The first-order valence-electron chi connectivity index (χ1n) is 6.69. The Balaban J connectivity index is 1.79. The van der Waals surface area contributed by atoms with Gasteiger partial charge in [0.25, 0.3) is 0 Å². The van der Waals surface area contributed by atoms with E-state index in [1.807, 2.05) is 0 Å². The summed E-state index contributed by atoms with van der Waals surface area (Å²) in [5.74, 6) is -0.465. The molecule has 19 heavy (non-hydrogen) atoms. The number of benzene rings is 1. The molecule has 1 aliphatic heterocycles. The van der Waals surface area contributed by atoms with Gasteiger partial charge in [-0.3, -0.25) is 4.21 Å². The average Bonchev–Trinajstić information content (AvgIpc) is 2.36. The molecule has 1 heterocycles. The minimum Gasteiger partial charge on any atom is -0.399 e. The van der Waals surface area contributed by atoms with E-state index in [0.717, 1.165) is 25.7 Å². The van der Waals surface area contributed by atoms with Crippen LogP contribution in [-0.4, -0.2) is 21.7 Å². The zero-order chi connectivity index (χ0) is 13.5. The lowest BCUT2D eigenvalue weighted by Crippen LogP contribution is -2.48. The van der Waals surface area contributed by atoms with E-state index in [-0.39, 0.29) is 15.7 Å². The van der Waals surface area contributed by atoms with Crippen LogP contribution in [0.2, 0.25) is 0 Å². The van der Waals surface area contributed by atoms with E-state index in [0.29, 0.717) is 12.3 Å². The molecule has 0 bridgehead atoms. The van der Waals surface area contributed by atoms with E-state index in [1.54, 1.807) is 12.1 Å². The molecule has 1 saturated heterocycles. The van der Waals surface area contributed by atoms with Crippen LogP contribution in [0.3, 0.4) is 0 Å². The van der Waals surface area contributed by atoms with Gasteiger partial charge in [0.1, 0.15) is 5.82 Å². The topological polar surface area (TPSA) is 52.3 Å². The molecule has 1 aromatic carbocycles. The maximum atomic E-state index is 13.8. The molecule has 1 aromatic rings. The van der Waals surface area contributed by atoms with Crippen LogP contribution in [0, 0.1) is 5.82 Å². The van der Waals surface area contributed by atoms with Crippen molar-refractivity contribution >= 4 is 16.5 Å². The van der Waals surface area contributed by atoms with Crippen molar-refractivity contribution in [3.8, 4) is 0 Å². The Morgan fingerprint density at radius 2 is 2.21 bits per heavy atom. The summed E-state index contributed by atoms with van der Waals surface area (Å²) in [5, 5.41) is -0.00725. The Labute approximate surface area is 114 Å². The maximum Gasteiger partial charge on any atom is 0.141 e. The van der Waals surface area contributed by atoms with Crippen molar-refractivity contribution in [1.29, 1.82) is 0 Å². The molecule has 1 saturated carbocycles. The van der Waals surface area contributed by atoms with Crippen LogP contribution >= 0.6 is 0 Å². The quantitative estimate of drug-likeness (QED) is 0.849. The second kappa shape index (κ2) is 4.87. The van der Waals surface area contributed by atoms with Gasteiger partial charge in [-0.05, 0) is 50.3 Å². The minimum atomic E-state index is -1.31. The third-order valence-corrected chi connectivity index (χ3v) is 5.96. The van der Waals surface area contributed by atoms with Crippen molar-refractivity contribution in [1.82, 2.24) is 0 Å². The minimum absolute atomic E-state index is 0.00725. The van der Waals surface area contributed by atoms with Crippen molar-refractivity contribution in [2.24, 2.45) is 0 Å². The van der Waals surface area contributed by atoms with Crippen LogP contribution in [-0.2, 0) is 15.5 Å². The first-order chi connectivity index (χ1) is 9.10. The van der Waals surface area contributed by atoms with Gasteiger partial charge in [-0.2, -0.15) is 0 Å². The van der Waals surface area contributed by atoms with Gasteiger partial charge in [0.05, 0.1) is 21.3 Å². The van der Waals surface area contributed by atoms with Gasteiger partial charge in [0, 0.05) is 17.5 Å². The van der Waals surface area contributed by atoms with Crippen LogP contribution in [0.25, 0.3) is 0 Å². The highest BCUT2D eigenvalue weighted by Gasteiger charge is 2.44. The first-order valence-corrected chi connectivity index (χ1v) is 7.91. The second-order valence-electron chi connectivity index (χ2n) is 5.49. The lowest BCUT2D eigenvalue weighted by atomic mass is 9.75. The average molecular weight is 283 g/mol. The monoisotopic (exact) mass is 283 g/mol. The summed E-state index contributed by atoms with van der Waals surface area (Å²) in [6.07, 6.45) is 4.78. The smallest absolute Gasteiger partial charge is 0.141 e. The molecule has 1 spiro atoms. The molecule has 1 aliphatic carbocycles. The van der Waals surface area contributed by atoms with E-state index in [1.165, 1.54) is 12.5 Å². The molecule has 2 fully saturated rings. The summed E-state index contributed by atoms with van der Waals surface area (Å²) >= 11 is 0. The molecule has 3 nitrogen and oxygen atoms in total. The van der Waals surface area contributed by atoms with Gasteiger partial charge < -0.3 is 10.5 Å². The summed E-state index contributed by atoms with van der Waals surface area (Å²) in [4.78, 5) is 0.274. The third kappa shape index (κ3) is 2.41. The summed E-state index contributed by atoms with van der Waals surface area (Å²) < 4.78 is 32.2.